The van der Waals surface area contributed by atoms with E-state index >= 15 is 0 Å². The van der Waals surface area contributed by atoms with Gasteiger partial charge in [-0.1, -0.05) is 37.7 Å². The molecule has 3 rings (SSSR count). The fraction of sp³-hybridized carbons (Fsp3) is 0.350. The number of rotatable bonds is 6. The molecule has 0 aliphatic carbocycles. The van der Waals surface area contributed by atoms with Crippen LogP contribution in [0.15, 0.2) is 35.2 Å². The van der Waals surface area contributed by atoms with Gasteiger partial charge in [0.1, 0.15) is 22.4 Å². The van der Waals surface area contributed by atoms with Crippen LogP contribution in [-0.2, 0) is 6.54 Å². The highest BCUT2D eigenvalue weighted by Gasteiger charge is 2.17. The number of aliphatic hydroxyl groups is 1. The lowest BCUT2D eigenvalue weighted by atomic mass is 10.2. The Morgan fingerprint density at radius 3 is 2.70 bits per heavy atom. The van der Waals surface area contributed by atoms with Crippen molar-refractivity contribution in [2.45, 2.75) is 39.4 Å². The lowest BCUT2D eigenvalue weighted by molar-refractivity contribution is 0.420. The molecule has 0 aliphatic heterocycles. The molecule has 27 heavy (non-hydrogen) atoms. The van der Waals surface area contributed by atoms with Gasteiger partial charge in [0.15, 0.2) is 5.16 Å². The number of aromatic nitrogens is 3. The van der Waals surface area contributed by atoms with Crippen LogP contribution in [-0.4, -0.2) is 25.4 Å². The lowest BCUT2D eigenvalue weighted by Gasteiger charge is -2.12. The topological polar surface area (TPSA) is 74.7 Å². The Balaban J connectivity index is 1.86. The summed E-state index contributed by atoms with van der Waals surface area (Å²) in [5, 5.41) is 21.5. The zero-order valence-electron chi connectivity index (χ0n) is 15.9. The highest BCUT2D eigenvalue weighted by molar-refractivity contribution is 7.99. The van der Waals surface area contributed by atoms with E-state index in [9.17, 15) is 10.4 Å². The smallest absolute Gasteiger partial charge is 0.168 e. The second-order valence-corrected chi connectivity index (χ2v) is 8.75. The number of benzene rings is 1. The standard InChI is InChI=1S/C20H22N4OS2/c1-12(2)10-24-14(4)13(3)22-20(24)26-11-17(25)15(9-21)19-23-16-7-5-6-8-18(16)27-19/h5-8,12,25H,10-11H2,1-4H3/b17-15+. The minimum atomic E-state index is 0.0379. The Bertz CT molecular complexity index is 1010. The number of para-hydroxylation sites is 1. The Morgan fingerprint density at radius 1 is 1.30 bits per heavy atom. The van der Waals surface area contributed by atoms with Gasteiger partial charge >= 0.3 is 0 Å². The maximum Gasteiger partial charge on any atom is 0.168 e. The zero-order chi connectivity index (χ0) is 19.6. The first-order chi connectivity index (χ1) is 12.9. The Hall–Kier alpha value is -2.30. The molecule has 5 nitrogen and oxygen atoms in total. The first-order valence-electron chi connectivity index (χ1n) is 8.75. The molecule has 7 heteroatoms. The van der Waals surface area contributed by atoms with Crippen molar-refractivity contribution in [1.29, 1.82) is 5.26 Å². The van der Waals surface area contributed by atoms with Crippen molar-refractivity contribution in [3.63, 3.8) is 0 Å². The Morgan fingerprint density at radius 2 is 2.04 bits per heavy atom. The number of nitrogens with zero attached hydrogens (tertiary/aromatic N) is 4. The summed E-state index contributed by atoms with van der Waals surface area (Å²) in [5.74, 6) is 0.821. The Labute approximate surface area is 167 Å². The van der Waals surface area contributed by atoms with Gasteiger partial charge in [0.2, 0.25) is 0 Å². The van der Waals surface area contributed by atoms with Crippen LogP contribution in [0.5, 0.6) is 0 Å². The van der Waals surface area contributed by atoms with Crippen LogP contribution in [0.1, 0.15) is 30.2 Å². The van der Waals surface area contributed by atoms with E-state index in [-0.39, 0.29) is 17.1 Å². The van der Waals surface area contributed by atoms with Crippen molar-refractivity contribution >= 4 is 38.9 Å². The molecule has 0 bridgehead atoms. The molecule has 0 saturated carbocycles. The van der Waals surface area contributed by atoms with E-state index in [0.29, 0.717) is 10.9 Å². The van der Waals surface area contributed by atoms with Gasteiger partial charge < -0.3 is 9.67 Å². The van der Waals surface area contributed by atoms with E-state index in [0.717, 1.165) is 33.3 Å². The second-order valence-electron chi connectivity index (χ2n) is 6.78. The molecule has 0 radical (unpaired) electrons. The first-order valence-corrected chi connectivity index (χ1v) is 10.6. The van der Waals surface area contributed by atoms with E-state index < -0.39 is 0 Å². The number of hydrogen-bond donors (Lipinski definition) is 1. The molecule has 0 atom stereocenters. The third-order valence-corrected chi connectivity index (χ3v) is 6.26. The minimum absolute atomic E-state index is 0.0379. The quantitative estimate of drug-likeness (QED) is 0.344. The largest absolute Gasteiger partial charge is 0.510 e. The number of aliphatic hydroxyl groups excluding tert-OH is 1. The van der Waals surface area contributed by atoms with Gasteiger partial charge in [0.05, 0.1) is 21.7 Å². The van der Waals surface area contributed by atoms with Gasteiger partial charge in [-0.25, -0.2) is 9.97 Å². The average Bonchev–Trinajstić information content (AvgIpc) is 3.16. The van der Waals surface area contributed by atoms with Crippen molar-refractivity contribution < 1.29 is 5.11 Å². The maximum atomic E-state index is 10.6. The molecule has 140 valence electrons. The predicted octanol–water partition coefficient (Wildman–Crippen LogP) is 5.35. The molecule has 0 fully saturated rings. The van der Waals surface area contributed by atoms with Crippen LogP contribution in [0, 0.1) is 31.1 Å². The summed E-state index contributed by atoms with van der Waals surface area (Å²) in [6.07, 6.45) is 0. The second kappa shape index (κ2) is 8.15. The summed E-state index contributed by atoms with van der Waals surface area (Å²) in [6, 6.07) is 9.84. The number of aryl methyl sites for hydroxylation is 1. The summed E-state index contributed by atoms with van der Waals surface area (Å²) in [4.78, 5) is 9.11. The zero-order valence-corrected chi connectivity index (χ0v) is 17.5. The van der Waals surface area contributed by atoms with Crippen molar-refractivity contribution in [2.75, 3.05) is 5.75 Å². The fourth-order valence-electron chi connectivity index (χ4n) is 2.73. The van der Waals surface area contributed by atoms with Crippen LogP contribution in [0.25, 0.3) is 15.8 Å². The van der Waals surface area contributed by atoms with Crippen LogP contribution >= 0.6 is 23.1 Å². The summed E-state index contributed by atoms with van der Waals surface area (Å²) in [5.41, 5.74) is 3.21. The normalized spacial score (nSPS) is 12.4. The molecule has 1 N–H and O–H groups in total. The predicted molar refractivity (Wildman–Crippen MR) is 112 cm³/mol. The van der Waals surface area contributed by atoms with Gasteiger partial charge in [-0.3, -0.25) is 0 Å². The number of allylic oxidation sites excluding steroid dienone is 1. The number of thiazole rings is 1. The molecule has 3 aromatic rings. The number of imidazole rings is 1. The molecular weight excluding hydrogens is 376 g/mol. The van der Waals surface area contributed by atoms with Crippen LogP contribution in [0.4, 0.5) is 0 Å². The molecule has 1 aromatic carbocycles. The average molecular weight is 399 g/mol. The third kappa shape index (κ3) is 4.18. The van der Waals surface area contributed by atoms with Crippen molar-refractivity contribution in [2.24, 2.45) is 5.92 Å². The van der Waals surface area contributed by atoms with Gasteiger partial charge in [-0.05, 0) is 31.9 Å². The highest BCUT2D eigenvalue weighted by Crippen LogP contribution is 2.30. The van der Waals surface area contributed by atoms with E-state index in [4.69, 9.17) is 0 Å². The molecule has 2 aromatic heterocycles. The number of nitriles is 1. The molecule has 0 spiro atoms. The summed E-state index contributed by atoms with van der Waals surface area (Å²) in [6.45, 7) is 9.27. The first kappa shape index (κ1) is 19.5. The number of fused-ring (bicyclic) bond motifs is 1. The van der Waals surface area contributed by atoms with Gasteiger partial charge in [-0.15, -0.1) is 11.3 Å². The van der Waals surface area contributed by atoms with Crippen molar-refractivity contribution in [1.82, 2.24) is 14.5 Å². The molecule has 0 saturated heterocycles. The van der Waals surface area contributed by atoms with Gasteiger partial charge in [0.25, 0.3) is 0 Å². The van der Waals surface area contributed by atoms with E-state index in [1.165, 1.54) is 23.1 Å². The molecule has 0 aliphatic rings. The number of thioether (sulfide) groups is 1. The SMILES string of the molecule is Cc1nc(SC/C(O)=C(/C#N)c2nc3ccccc3s2)n(CC(C)C)c1C. The van der Waals surface area contributed by atoms with Crippen LogP contribution in [0.2, 0.25) is 0 Å². The van der Waals surface area contributed by atoms with E-state index in [2.05, 4.69) is 41.4 Å². The molecular formula is C20H22N4OS2. The van der Waals surface area contributed by atoms with Crippen LogP contribution in [0.3, 0.4) is 0 Å². The van der Waals surface area contributed by atoms with Crippen LogP contribution < -0.4 is 0 Å². The Kier molecular flexibility index (Phi) is 5.88. The molecule has 0 amide bonds. The van der Waals surface area contributed by atoms with Gasteiger partial charge in [-0.2, -0.15) is 5.26 Å². The molecule has 2 heterocycles. The lowest BCUT2D eigenvalue weighted by Crippen LogP contribution is -2.08. The highest BCUT2D eigenvalue weighted by atomic mass is 32.2. The van der Waals surface area contributed by atoms with E-state index in [1.54, 1.807) is 0 Å². The van der Waals surface area contributed by atoms with Crippen molar-refractivity contribution in [3.8, 4) is 6.07 Å². The summed E-state index contributed by atoms with van der Waals surface area (Å²) >= 11 is 2.86. The van der Waals surface area contributed by atoms with E-state index in [1.807, 2.05) is 31.2 Å². The van der Waals surface area contributed by atoms with Crippen molar-refractivity contribution in [3.05, 3.63) is 46.4 Å². The summed E-state index contributed by atoms with van der Waals surface area (Å²) in [7, 11) is 0. The fourth-order valence-corrected chi connectivity index (χ4v) is 4.70. The molecule has 0 unspecified atom stereocenters. The monoisotopic (exact) mass is 398 g/mol. The summed E-state index contributed by atoms with van der Waals surface area (Å²) < 4.78 is 3.18. The maximum absolute atomic E-state index is 10.6. The van der Waals surface area contributed by atoms with Gasteiger partial charge in [0, 0.05) is 12.2 Å². The number of hydrogen-bond acceptors (Lipinski definition) is 6. The third-order valence-electron chi connectivity index (χ3n) is 4.22. The minimum Gasteiger partial charge on any atom is -0.510 e.